The van der Waals surface area contributed by atoms with Crippen LogP contribution in [0.3, 0.4) is 0 Å². The fraction of sp³-hybridized carbons (Fsp3) is 0.111. The zero-order chi connectivity index (χ0) is 23.9. The highest BCUT2D eigenvalue weighted by Crippen LogP contribution is 2.31. The van der Waals surface area contributed by atoms with Gasteiger partial charge in [0, 0.05) is 22.7 Å². The van der Waals surface area contributed by atoms with E-state index in [1.807, 2.05) is 41.8 Å². The van der Waals surface area contributed by atoms with E-state index >= 15 is 0 Å². The van der Waals surface area contributed by atoms with Gasteiger partial charge >= 0.3 is 0 Å². The molecule has 7 heteroatoms. The molecule has 0 radical (unpaired) electrons. The third kappa shape index (κ3) is 5.55. The van der Waals surface area contributed by atoms with Crippen molar-refractivity contribution in [1.82, 2.24) is 5.32 Å². The van der Waals surface area contributed by atoms with Gasteiger partial charge < -0.3 is 5.32 Å². The summed E-state index contributed by atoms with van der Waals surface area (Å²) in [4.78, 5) is 29.0. The normalized spacial score (nSPS) is 11.6. The van der Waals surface area contributed by atoms with Crippen molar-refractivity contribution in [2.45, 2.75) is 19.0 Å². The van der Waals surface area contributed by atoms with Gasteiger partial charge in [0.15, 0.2) is 0 Å². The molecule has 0 saturated heterocycles. The lowest BCUT2D eigenvalue weighted by atomic mass is 10.0. The number of nitrogens with zero attached hydrogens (tertiary/aromatic N) is 1. The molecule has 0 aliphatic rings. The minimum atomic E-state index is -1.33. The van der Waals surface area contributed by atoms with Crippen LogP contribution in [0.2, 0.25) is 0 Å². The molecule has 1 aromatic heterocycles. The maximum atomic E-state index is 15.0. The zero-order valence-electron chi connectivity index (χ0n) is 18.2. The minimum Gasteiger partial charge on any atom is -0.350 e. The average Bonchev–Trinajstić information content (AvgIpc) is 3.35. The van der Waals surface area contributed by atoms with Gasteiger partial charge in [-0.3, -0.25) is 14.5 Å². The Morgan fingerprint density at radius 1 is 0.882 bits per heavy atom. The number of thiophene rings is 1. The van der Waals surface area contributed by atoms with Crippen molar-refractivity contribution in [2.75, 3.05) is 4.90 Å². The Bertz CT molecular complexity index is 1260. The van der Waals surface area contributed by atoms with Crippen molar-refractivity contribution in [1.29, 1.82) is 0 Å². The van der Waals surface area contributed by atoms with Crippen LogP contribution in [0.15, 0.2) is 96.4 Å². The summed E-state index contributed by atoms with van der Waals surface area (Å²) in [6.07, 6.45) is -0.00883. The highest BCUT2D eigenvalue weighted by molar-refractivity contribution is 7.10. The fourth-order valence-electron chi connectivity index (χ4n) is 3.69. The summed E-state index contributed by atoms with van der Waals surface area (Å²) < 4.78 is 29.1. The van der Waals surface area contributed by atoms with Crippen molar-refractivity contribution in [2.24, 2.45) is 0 Å². The lowest BCUT2D eigenvalue weighted by Crippen LogP contribution is -2.44. The number of hydrogen-bond acceptors (Lipinski definition) is 3. The lowest BCUT2D eigenvalue weighted by molar-refractivity contribution is -0.126. The Labute approximate surface area is 200 Å². The largest absolute Gasteiger partial charge is 0.350 e. The van der Waals surface area contributed by atoms with E-state index in [0.29, 0.717) is 0 Å². The van der Waals surface area contributed by atoms with Crippen LogP contribution in [0.1, 0.15) is 22.0 Å². The number of nitrogens with one attached hydrogen (secondary N) is 1. The van der Waals surface area contributed by atoms with Gasteiger partial charge in [0.05, 0.1) is 6.42 Å². The second kappa shape index (κ2) is 10.9. The lowest BCUT2D eigenvalue weighted by Gasteiger charge is -2.31. The number of amides is 2. The molecule has 0 fully saturated rings. The first-order valence-electron chi connectivity index (χ1n) is 10.7. The molecule has 4 nitrogen and oxygen atoms in total. The van der Waals surface area contributed by atoms with Crippen LogP contribution in [0.5, 0.6) is 0 Å². The summed E-state index contributed by atoms with van der Waals surface area (Å²) in [5, 5.41) is 4.66. The number of rotatable bonds is 8. The first-order chi connectivity index (χ1) is 16.5. The molecule has 3 aromatic carbocycles. The van der Waals surface area contributed by atoms with Crippen LogP contribution in [0.25, 0.3) is 0 Å². The summed E-state index contributed by atoms with van der Waals surface area (Å²) in [6, 6.07) is 22.8. The summed E-state index contributed by atoms with van der Waals surface area (Å²) in [5.41, 5.74) is 1.05. The first kappa shape index (κ1) is 23.3. The molecule has 0 aliphatic heterocycles. The monoisotopic (exact) mass is 476 g/mol. The number of anilines is 1. The number of hydrogen-bond donors (Lipinski definition) is 1. The summed E-state index contributed by atoms with van der Waals surface area (Å²) in [7, 11) is 0. The van der Waals surface area contributed by atoms with E-state index in [2.05, 4.69) is 5.32 Å². The Morgan fingerprint density at radius 2 is 1.65 bits per heavy atom. The van der Waals surface area contributed by atoms with Crippen LogP contribution in [-0.2, 0) is 22.6 Å². The second-order valence-electron chi connectivity index (χ2n) is 7.63. The van der Waals surface area contributed by atoms with Gasteiger partial charge in [0.25, 0.3) is 0 Å². The van der Waals surface area contributed by atoms with Crippen LogP contribution >= 0.6 is 11.3 Å². The number of halogens is 2. The van der Waals surface area contributed by atoms with E-state index in [-0.39, 0.29) is 24.2 Å². The van der Waals surface area contributed by atoms with E-state index in [0.717, 1.165) is 10.4 Å². The van der Waals surface area contributed by atoms with Gasteiger partial charge in [-0.2, -0.15) is 0 Å². The Balaban J connectivity index is 1.76. The third-order valence-electron chi connectivity index (χ3n) is 5.28. The highest BCUT2D eigenvalue weighted by Gasteiger charge is 2.34. The zero-order valence-corrected chi connectivity index (χ0v) is 19.0. The van der Waals surface area contributed by atoms with E-state index in [4.69, 9.17) is 0 Å². The fourth-order valence-corrected chi connectivity index (χ4v) is 4.38. The first-order valence-corrected chi connectivity index (χ1v) is 11.6. The van der Waals surface area contributed by atoms with Crippen molar-refractivity contribution in [3.8, 4) is 0 Å². The second-order valence-corrected chi connectivity index (χ2v) is 8.66. The molecule has 1 unspecified atom stereocenters. The SMILES string of the molecule is O=C(NCc1ccccc1)C(c1ccccc1F)N(C(=O)Cc1cccs1)c1cccc(F)c1. The van der Waals surface area contributed by atoms with Crippen molar-refractivity contribution >= 4 is 28.8 Å². The summed E-state index contributed by atoms with van der Waals surface area (Å²) >= 11 is 1.40. The third-order valence-corrected chi connectivity index (χ3v) is 6.15. The molecule has 1 N–H and O–H groups in total. The molecule has 2 amide bonds. The van der Waals surface area contributed by atoms with Gasteiger partial charge in [-0.1, -0.05) is 60.7 Å². The van der Waals surface area contributed by atoms with E-state index < -0.39 is 29.5 Å². The molecule has 4 aromatic rings. The van der Waals surface area contributed by atoms with Crippen LogP contribution in [0, 0.1) is 11.6 Å². The quantitative estimate of drug-likeness (QED) is 0.357. The molecule has 1 atom stereocenters. The maximum Gasteiger partial charge on any atom is 0.248 e. The Morgan fingerprint density at radius 3 is 2.35 bits per heavy atom. The van der Waals surface area contributed by atoms with Gasteiger partial charge in [0.2, 0.25) is 11.8 Å². The molecule has 0 spiro atoms. The summed E-state index contributed by atoms with van der Waals surface area (Å²) in [5.74, 6) is -2.22. The van der Waals surface area contributed by atoms with Crippen LogP contribution in [-0.4, -0.2) is 11.8 Å². The topological polar surface area (TPSA) is 49.4 Å². The van der Waals surface area contributed by atoms with Crippen LogP contribution < -0.4 is 10.2 Å². The molecular formula is C27H22F2N2O2S. The minimum absolute atomic E-state index is 0.00883. The highest BCUT2D eigenvalue weighted by atomic mass is 32.1. The molecule has 172 valence electrons. The van der Waals surface area contributed by atoms with Gasteiger partial charge in [-0.25, -0.2) is 8.78 Å². The molecule has 0 saturated carbocycles. The standard InChI is InChI=1S/C27H22F2N2O2S/c28-20-10-6-11-21(16-20)31(25(32)17-22-12-7-15-34-22)26(23-13-4-5-14-24(23)29)27(33)30-18-19-8-2-1-3-9-19/h1-16,26H,17-18H2,(H,30,33). The molecule has 1 heterocycles. The number of benzene rings is 3. The van der Waals surface area contributed by atoms with Crippen molar-refractivity contribution in [3.05, 3.63) is 124 Å². The molecule has 34 heavy (non-hydrogen) atoms. The van der Waals surface area contributed by atoms with E-state index in [1.54, 1.807) is 12.1 Å². The maximum absolute atomic E-state index is 15.0. The predicted octanol–water partition coefficient (Wildman–Crippen LogP) is 5.66. The predicted molar refractivity (Wildman–Crippen MR) is 129 cm³/mol. The van der Waals surface area contributed by atoms with Crippen molar-refractivity contribution in [3.63, 3.8) is 0 Å². The molecule has 4 rings (SSSR count). The Hall–Kier alpha value is -3.84. The van der Waals surface area contributed by atoms with E-state index in [1.165, 1.54) is 58.7 Å². The van der Waals surface area contributed by atoms with Crippen molar-refractivity contribution < 1.29 is 18.4 Å². The molecular weight excluding hydrogens is 454 g/mol. The van der Waals surface area contributed by atoms with Gasteiger partial charge in [-0.15, -0.1) is 11.3 Å². The molecule has 0 bridgehead atoms. The number of carbonyl (C=O) groups excluding carboxylic acids is 2. The smallest absolute Gasteiger partial charge is 0.248 e. The number of carbonyl (C=O) groups is 2. The van der Waals surface area contributed by atoms with E-state index in [9.17, 15) is 18.4 Å². The van der Waals surface area contributed by atoms with Gasteiger partial charge in [0.1, 0.15) is 17.7 Å². The average molecular weight is 477 g/mol. The van der Waals surface area contributed by atoms with Crippen LogP contribution in [0.4, 0.5) is 14.5 Å². The summed E-state index contributed by atoms with van der Waals surface area (Å²) in [6.45, 7) is 0.195. The molecule has 0 aliphatic carbocycles. The Kier molecular flexibility index (Phi) is 7.44. The van der Waals surface area contributed by atoms with Gasteiger partial charge in [-0.05, 0) is 41.3 Å².